The number of hydrogen-bond acceptors (Lipinski definition) is 4. The molecule has 0 aliphatic heterocycles. The molecule has 1 aromatic heterocycles. The maximum absolute atomic E-state index is 11.7. The van der Waals surface area contributed by atoms with Gasteiger partial charge in [-0.05, 0) is 20.5 Å². The molecule has 6 nitrogen and oxygen atoms in total. The molecule has 90 valence electrons. The van der Waals surface area contributed by atoms with Crippen LogP contribution >= 0.6 is 0 Å². The lowest BCUT2D eigenvalue weighted by atomic mass is 10.3. The number of aromatic amines is 1. The van der Waals surface area contributed by atoms with Crippen LogP contribution in [0.2, 0.25) is 0 Å². The first-order valence-electron chi connectivity index (χ1n) is 5.33. The number of nitrogens with one attached hydrogen (secondary N) is 2. The van der Waals surface area contributed by atoms with Crippen molar-refractivity contribution in [2.24, 2.45) is 0 Å². The summed E-state index contributed by atoms with van der Waals surface area (Å²) >= 11 is 0. The minimum atomic E-state index is -0.230. The van der Waals surface area contributed by atoms with E-state index in [-0.39, 0.29) is 11.6 Å². The molecule has 4 N–H and O–H groups in total. The van der Waals surface area contributed by atoms with Crippen molar-refractivity contribution in [2.45, 2.75) is 13.8 Å². The van der Waals surface area contributed by atoms with Gasteiger partial charge >= 0.3 is 0 Å². The highest BCUT2D eigenvalue weighted by Crippen LogP contribution is 2.11. The molecule has 0 fully saturated rings. The first-order chi connectivity index (χ1) is 7.56. The van der Waals surface area contributed by atoms with Gasteiger partial charge in [-0.1, -0.05) is 6.92 Å². The summed E-state index contributed by atoms with van der Waals surface area (Å²) in [5.74, 6) is -0.230. The zero-order valence-corrected chi connectivity index (χ0v) is 10.0. The fraction of sp³-hybridized carbons (Fsp3) is 0.600. The van der Waals surface area contributed by atoms with E-state index in [0.29, 0.717) is 12.2 Å². The number of carbonyl (C=O) groups excluding carboxylic acids is 1. The molecule has 6 heteroatoms. The zero-order valence-electron chi connectivity index (χ0n) is 10.0. The first-order valence-corrected chi connectivity index (χ1v) is 5.33. The fourth-order valence-electron chi connectivity index (χ4n) is 1.21. The van der Waals surface area contributed by atoms with Crippen molar-refractivity contribution in [1.82, 2.24) is 20.4 Å². The van der Waals surface area contributed by atoms with Crippen LogP contribution in [0.25, 0.3) is 0 Å². The molecule has 1 aromatic rings. The molecule has 0 unspecified atom stereocenters. The summed E-state index contributed by atoms with van der Waals surface area (Å²) in [6.45, 7) is 6.21. The number of nitrogens with two attached hydrogens (primary N) is 1. The molecule has 0 saturated heterocycles. The van der Waals surface area contributed by atoms with E-state index in [2.05, 4.69) is 27.3 Å². The molecule has 0 aromatic carbocycles. The SMILES string of the molecule is CCN(C)CCNC(=O)c1n[nH]c(C)c1N. The third-order valence-electron chi connectivity index (χ3n) is 2.53. The fourth-order valence-corrected chi connectivity index (χ4v) is 1.21. The highest BCUT2D eigenvalue weighted by atomic mass is 16.1. The highest BCUT2D eigenvalue weighted by Gasteiger charge is 2.14. The normalized spacial score (nSPS) is 10.8. The van der Waals surface area contributed by atoms with Crippen molar-refractivity contribution in [1.29, 1.82) is 0 Å². The molecule has 1 rings (SSSR count). The van der Waals surface area contributed by atoms with Crippen LogP contribution in [0.4, 0.5) is 5.69 Å². The van der Waals surface area contributed by atoms with Gasteiger partial charge in [0.25, 0.3) is 5.91 Å². The quantitative estimate of drug-likeness (QED) is 0.657. The molecule has 0 bridgehead atoms. The molecule has 0 aliphatic rings. The Balaban J connectivity index is 2.44. The minimum Gasteiger partial charge on any atom is -0.395 e. The van der Waals surface area contributed by atoms with Crippen LogP contribution < -0.4 is 11.1 Å². The number of aromatic nitrogens is 2. The van der Waals surface area contributed by atoms with E-state index in [4.69, 9.17) is 5.73 Å². The van der Waals surface area contributed by atoms with E-state index in [1.165, 1.54) is 0 Å². The zero-order chi connectivity index (χ0) is 12.1. The molecular weight excluding hydrogens is 206 g/mol. The van der Waals surface area contributed by atoms with E-state index in [1.807, 2.05) is 7.05 Å². The lowest BCUT2D eigenvalue weighted by Crippen LogP contribution is -2.33. The lowest BCUT2D eigenvalue weighted by Gasteiger charge is -2.13. The van der Waals surface area contributed by atoms with Crippen molar-refractivity contribution in [3.8, 4) is 0 Å². The smallest absolute Gasteiger partial charge is 0.273 e. The number of rotatable bonds is 5. The molecule has 16 heavy (non-hydrogen) atoms. The van der Waals surface area contributed by atoms with Gasteiger partial charge in [-0.2, -0.15) is 5.10 Å². The number of aryl methyl sites for hydroxylation is 1. The van der Waals surface area contributed by atoms with E-state index >= 15 is 0 Å². The van der Waals surface area contributed by atoms with Gasteiger partial charge in [-0.3, -0.25) is 9.89 Å². The van der Waals surface area contributed by atoms with Gasteiger partial charge < -0.3 is 16.0 Å². The molecule has 0 aliphatic carbocycles. The van der Waals surface area contributed by atoms with Gasteiger partial charge in [0.1, 0.15) is 0 Å². The van der Waals surface area contributed by atoms with E-state index in [0.717, 1.165) is 18.8 Å². The Morgan fingerprint density at radius 1 is 1.62 bits per heavy atom. The summed E-state index contributed by atoms with van der Waals surface area (Å²) in [6, 6.07) is 0. The van der Waals surface area contributed by atoms with Crippen LogP contribution in [0.15, 0.2) is 0 Å². The third-order valence-corrected chi connectivity index (χ3v) is 2.53. The van der Waals surface area contributed by atoms with Crippen LogP contribution in [-0.2, 0) is 0 Å². The molecule has 0 spiro atoms. The first kappa shape index (κ1) is 12.5. The Kier molecular flexibility index (Phi) is 4.30. The maximum Gasteiger partial charge on any atom is 0.273 e. The summed E-state index contributed by atoms with van der Waals surface area (Å²) < 4.78 is 0. The van der Waals surface area contributed by atoms with Crippen molar-refractivity contribution in [2.75, 3.05) is 32.4 Å². The second-order valence-corrected chi connectivity index (χ2v) is 3.76. The Labute approximate surface area is 95.2 Å². The maximum atomic E-state index is 11.7. The Bertz CT molecular complexity index is 360. The summed E-state index contributed by atoms with van der Waals surface area (Å²) in [5.41, 5.74) is 7.11. The van der Waals surface area contributed by atoms with Crippen LogP contribution in [0.5, 0.6) is 0 Å². The predicted molar refractivity (Wildman–Crippen MR) is 63.2 cm³/mol. The summed E-state index contributed by atoms with van der Waals surface area (Å²) in [6.07, 6.45) is 0. The molecule has 1 amide bonds. The van der Waals surface area contributed by atoms with E-state index in [1.54, 1.807) is 6.92 Å². The lowest BCUT2D eigenvalue weighted by molar-refractivity contribution is 0.0946. The molecule has 0 atom stereocenters. The van der Waals surface area contributed by atoms with Crippen LogP contribution in [0, 0.1) is 6.92 Å². The molecule has 1 heterocycles. The average Bonchev–Trinajstić information content (AvgIpc) is 2.59. The second-order valence-electron chi connectivity index (χ2n) is 3.76. The monoisotopic (exact) mass is 225 g/mol. The number of amides is 1. The molecule has 0 radical (unpaired) electrons. The van der Waals surface area contributed by atoms with Gasteiger partial charge in [-0.15, -0.1) is 0 Å². The number of H-pyrrole nitrogens is 1. The van der Waals surface area contributed by atoms with Crippen molar-refractivity contribution in [3.05, 3.63) is 11.4 Å². The van der Waals surface area contributed by atoms with Crippen LogP contribution in [0.1, 0.15) is 23.1 Å². The van der Waals surface area contributed by atoms with Crippen LogP contribution in [-0.4, -0.2) is 47.7 Å². The van der Waals surface area contributed by atoms with Crippen LogP contribution in [0.3, 0.4) is 0 Å². The predicted octanol–water partition coefficient (Wildman–Crippen LogP) is -0.0182. The van der Waals surface area contributed by atoms with Gasteiger partial charge in [-0.25, -0.2) is 0 Å². The van der Waals surface area contributed by atoms with Gasteiger partial charge in [0.05, 0.1) is 11.4 Å². The number of carbonyl (C=O) groups is 1. The average molecular weight is 225 g/mol. The Morgan fingerprint density at radius 3 is 2.81 bits per heavy atom. The van der Waals surface area contributed by atoms with Crippen molar-refractivity contribution in [3.63, 3.8) is 0 Å². The van der Waals surface area contributed by atoms with E-state index in [9.17, 15) is 4.79 Å². The number of nitrogens with zero attached hydrogens (tertiary/aromatic N) is 2. The number of anilines is 1. The minimum absolute atomic E-state index is 0.230. The Morgan fingerprint density at radius 2 is 2.31 bits per heavy atom. The summed E-state index contributed by atoms with van der Waals surface area (Å²) in [5, 5.41) is 9.31. The van der Waals surface area contributed by atoms with E-state index < -0.39 is 0 Å². The third kappa shape index (κ3) is 2.96. The van der Waals surface area contributed by atoms with Crippen molar-refractivity contribution < 1.29 is 4.79 Å². The van der Waals surface area contributed by atoms with Gasteiger partial charge in [0, 0.05) is 13.1 Å². The summed E-state index contributed by atoms with van der Waals surface area (Å²) in [4.78, 5) is 13.8. The van der Waals surface area contributed by atoms with Gasteiger partial charge in [0.2, 0.25) is 0 Å². The number of hydrogen-bond donors (Lipinski definition) is 3. The van der Waals surface area contributed by atoms with Gasteiger partial charge in [0.15, 0.2) is 5.69 Å². The van der Waals surface area contributed by atoms with Crippen molar-refractivity contribution >= 4 is 11.6 Å². The number of nitrogen functional groups attached to an aromatic ring is 1. The highest BCUT2D eigenvalue weighted by molar-refractivity contribution is 5.97. The Hall–Kier alpha value is -1.56. The second kappa shape index (κ2) is 5.50. The topological polar surface area (TPSA) is 87.0 Å². The standard InChI is InChI=1S/C10H19N5O/c1-4-15(3)6-5-12-10(16)9-8(11)7(2)13-14-9/h4-6,11H2,1-3H3,(H,12,16)(H,13,14). The summed E-state index contributed by atoms with van der Waals surface area (Å²) in [7, 11) is 2.00. The molecular formula is C10H19N5O. The largest absolute Gasteiger partial charge is 0.395 e. The number of likely N-dealkylation sites (N-methyl/N-ethyl adjacent to an activating group) is 1. The molecule has 0 saturated carbocycles.